The van der Waals surface area contributed by atoms with Crippen LogP contribution in [0.15, 0.2) is 60.7 Å². The van der Waals surface area contributed by atoms with Gasteiger partial charge in [-0.3, -0.25) is 0 Å². The quantitative estimate of drug-likeness (QED) is 0.782. The number of carbonyl (C=O) groups is 2. The number of hydrogen-bond donors (Lipinski definition) is 0. The van der Waals surface area contributed by atoms with E-state index in [4.69, 9.17) is 14.2 Å². The molecule has 1 fully saturated rings. The van der Waals surface area contributed by atoms with Crippen LogP contribution in [0.3, 0.4) is 0 Å². The lowest BCUT2D eigenvalue weighted by molar-refractivity contribution is -0.0759. The second-order valence-corrected chi connectivity index (χ2v) is 5.88. The lowest BCUT2D eigenvalue weighted by Gasteiger charge is -2.29. The Hall–Kier alpha value is -2.66. The van der Waals surface area contributed by atoms with Crippen molar-refractivity contribution in [3.05, 3.63) is 71.8 Å². The summed E-state index contributed by atoms with van der Waals surface area (Å²) < 4.78 is 16.5. The lowest BCUT2D eigenvalue weighted by atomic mass is 10.1. The predicted molar refractivity (Wildman–Crippen MR) is 91.3 cm³/mol. The Morgan fingerprint density at radius 1 is 0.920 bits per heavy atom. The van der Waals surface area contributed by atoms with Crippen molar-refractivity contribution in [3.63, 3.8) is 0 Å². The van der Waals surface area contributed by atoms with Crippen molar-refractivity contribution in [2.24, 2.45) is 0 Å². The Morgan fingerprint density at radius 3 is 2.16 bits per heavy atom. The molecule has 2 aromatic carbocycles. The largest absolute Gasteiger partial charge is 0.459 e. The van der Waals surface area contributed by atoms with E-state index in [9.17, 15) is 9.59 Å². The smallest absolute Gasteiger partial charge is 0.338 e. The summed E-state index contributed by atoms with van der Waals surface area (Å²) in [6.07, 6.45) is 0.652. The summed E-state index contributed by atoms with van der Waals surface area (Å²) >= 11 is 0. The van der Waals surface area contributed by atoms with E-state index in [1.807, 2.05) is 12.1 Å². The van der Waals surface area contributed by atoms with Crippen LogP contribution in [-0.2, 0) is 14.2 Å². The maximum atomic E-state index is 12.1. The second kappa shape index (κ2) is 8.44. The molecule has 0 unspecified atom stereocenters. The fourth-order valence-corrected chi connectivity index (χ4v) is 2.69. The summed E-state index contributed by atoms with van der Waals surface area (Å²) in [7, 11) is 0. The average Bonchev–Trinajstić information content (AvgIpc) is 2.68. The molecule has 1 aliphatic heterocycles. The normalized spacial score (nSPS) is 19.8. The molecule has 2 aromatic rings. The molecular formula is C20H20O5. The summed E-state index contributed by atoms with van der Waals surface area (Å²) in [5, 5.41) is 0. The molecule has 1 saturated heterocycles. The van der Waals surface area contributed by atoms with Crippen molar-refractivity contribution in [3.8, 4) is 0 Å². The highest BCUT2D eigenvalue weighted by atomic mass is 16.6. The van der Waals surface area contributed by atoms with Gasteiger partial charge in [0.25, 0.3) is 0 Å². The molecule has 1 heterocycles. The van der Waals surface area contributed by atoms with E-state index in [1.165, 1.54) is 0 Å². The highest BCUT2D eigenvalue weighted by Crippen LogP contribution is 2.19. The zero-order valence-corrected chi connectivity index (χ0v) is 13.8. The van der Waals surface area contributed by atoms with E-state index in [1.54, 1.807) is 48.5 Å². The van der Waals surface area contributed by atoms with Crippen LogP contribution in [0.1, 0.15) is 33.6 Å². The summed E-state index contributed by atoms with van der Waals surface area (Å²) in [5.41, 5.74) is 1.03. The van der Waals surface area contributed by atoms with E-state index in [-0.39, 0.29) is 30.8 Å². The third-order valence-electron chi connectivity index (χ3n) is 4.01. The molecule has 0 N–H and O–H groups in total. The van der Waals surface area contributed by atoms with Gasteiger partial charge in [0.15, 0.2) is 0 Å². The number of rotatable bonds is 5. The van der Waals surface area contributed by atoms with Gasteiger partial charge < -0.3 is 14.2 Å². The van der Waals surface area contributed by atoms with Crippen molar-refractivity contribution in [1.29, 1.82) is 0 Å². The molecule has 0 bridgehead atoms. The van der Waals surface area contributed by atoms with Gasteiger partial charge in [0.05, 0.1) is 23.8 Å². The summed E-state index contributed by atoms with van der Waals surface area (Å²) in [6, 6.07) is 17.7. The first-order valence-electron chi connectivity index (χ1n) is 8.32. The van der Waals surface area contributed by atoms with Gasteiger partial charge in [0, 0.05) is 12.8 Å². The Labute approximate surface area is 146 Å². The zero-order valence-electron chi connectivity index (χ0n) is 13.8. The highest BCUT2D eigenvalue weighted by molar-refractivity contribution is 5.89. The molecule has 0 saturated carbocycles. The first-order chi connectivity index (χ1) is 12.2. The molecule has 0 aliphatic carbocycles. The Morgan fingerprint density at radius 2 is 1.52 bits per heavy atom. The number of ether oxygens (including phenoxy) is 3. The molecule has 5 heteroatoms. The number of esters is 2. The molecule has 0 aromatic heterocycles. The van der Waals surface area contributed by atoms with Gasteiger partial charge in [-0.15, -0.1) is 0 Å². The topological polar surface area (TPSA) is 61.8 Å². The molecule has 3 rings (SSSR count). The van der Waals surface area contributed by atoms with E-state index in [0.29, 0.717) is 30.6 Å². The highest BCUT2D eigenvalue weighted by Gasteiger charge is 2.27. The fourth-order valence-electron chi connectivity index (χ4n) is 2.69. The number of carbonyl (C=O) groups excluding carboxylic acids is 2. The van der Waals surface area contributed by atoms with Crippen LogP contribution in [0.2, 0.25) is 0 Å². The van der Waals surface area contributed by atoms with Crippen LogP contribution in [0.4, 0.5) is 0 Å². The first-order valence-corrected chi connectivity index (χ1v) is 8.32. The lowest BCUT2D eigenvalue weighted by Crippen LogP contribution is -2.35. The van der Waals surface area contributed by atoms with Crippen LogP contribution >= 0.6 is 0 Å². The van der Waals surface area contributed by atoms with Gasteiger partial charge in [0.1, 0.15) is 12.7 Å². The van der Waals surface area contributed by atoms with E-state index in [0.717, 1.165) is 0 Å². The van der Waals surface area contributed by atoms with Crippen molar-refractivity contribution < 1.29 is 23.8 Å². The van der Waals surface area contributed by atoms with Crippen molar-refractivity contribution in [1.82, 2.24) is 0 Å². The van der Waals surface area contributed by atoms with Crippen LogP contribution < -0.4 is 0 Å². The van der Waals surface area contributed by atoms with Gasteiger partial charge >= 0.3 is 11.9 Å². The van der Waals surface area contributed by atoms with Gasteiger partial charge in [-0.1, -0.05) is 36.4 Å². The minimum atomic E-state index is -0.382. The summed E-state index contributed by atoms with van der Waals surface area (Å²) in [5.74, 6) is -0.722. The minimum Gasteiger partial charge on any atom is -0.459 e. The van der Waals surface area contributed by atoms with Gasteiger partial charge in [-0.2, -0.15) is 0 Å². The molecule has 25 heavy (non-hydrogen) atoms. The Balaban J connectivity index is 1.48. The fraction of sp³-hybridized carbons (Fsp3) is 0.300. The Kier molecular flexibility index (Phi) is 5.80. The Bertz CT molecular complexity index is 699. The number of benzene rings is 2. The molecule has 2 atom stereocenters. The average molecular weight is 340 g/mol. The SMILES string of the molecule is O=C(OC[C@@H]1C[C@H](OC(=O)c2ccccc2)CCO1)c1ccccc1. The molecule has 130 valence electrons. The second-order valence-electron chi connectivity index (χ2n) is 5.88. The van der Waals surface area contributed by atoms with Crippen molar-refractivity contribution in [2.45, 2.75) is 25.0 Å². The van der Waals surface area contributed by atoms with Crippen molar-refractivity contribution >= 4 is 11.9 Å². The van der Waals surface area contributed by atoms with Gasteiger partial charge in [-0.25, -0.2) is 9.59 Å². The van der Waals surface area contributed by atoms with Crippen LogP contribution in [0, 0.1) is 0 Å². The standard InChI is InChI=1S/C20H20O5/c21-19(15-7-3-1-4-8-15)24-14-18-13-17(11-12-23-18)25-20(22)16-9-5-2-6-10-16/h1-10,17-18H,11-14H2/t17-,18+/m1/s1. The summed E-state index contributed by atoms with van der Waals surface area (Å²) in [4.78, 5) is 24.1. The minimum absolute atomic E-state index is 0.146. The molecule has 0 amide bonds. The van der Waals surface area contributed by atoms with Gasteiger partial charge in [0.2, 0.25) is 0 Å². The van der Waals surface area contributed by atoms with Gasteiger partial charge in [-0.05, 0) is 24.3 Å². The molecule has 1 aliphatic rings. The third kappa shape index (κ3) is 4.90. The van der Waals surface area contributed by atoms with E-state index < -0.39 is 0 Å². The monoisotopic (exact) mass is 340 g/mol. The zero-order chi connectivity index (χ0) is 17.5. The summed E-state index contributed by atoms with van der Waals surface area (Å²) in [6.45, 7) is 0.618. The molecular weight excluding hydrogens is 320 g/mol. The van der Waals surface area contributed by atoms with Crippen molar-refractivity contribution in [2.75, 3.05) is 13.2 Å². The predicted octanol–water partition coefficient (Wildman–Crippen LogP) is 3.25. The third-order valence-corrected chi connectivity index (χ3v) is 4.01. The van der Waals surface area contributed by atoms with E-state index in [2.05, 4.69) is 0 Å². The van der Waals surface area contributed by atoms with Crippen LogP contribution in [0.25, 0.3) is 0 Å². The maximum Gasteiger partial charge on any atom is 0.338 e. The number of hydrogen-bond acceptors (Lipinski definition) is 5. The van der Waals surface area contributed by atoms with Crippen LogP contribution in [0.5, 0.6) is 0 Å². The maximum absolute atomic E-state index is 12.1. The molecule has 0 radical (unpaired) electrons. The first kappa shape index (κ1) is 17.2. The van der Waals surface area contributed by atoms with E-state index >= 15 is 0 Å². The molecule has 0 spiro atoms. The van der Waals surface area contributed by atoms with Crippen LogP contribution in [-0.4, -0.2) is 37.4 Å². The molecule has 5 nitrogen and oxygen atoms in total.